The number of rotatable bonds is 2. The molecule has 0 spiro atoms. The summed E-state index contributed by atoms with van der Waals surface area (Å²) in [5.74, 6) is -0.0179. The third kappa shape index (κ3) is 1.91. The highest BCUT2D eigenvalue weighted by atomic mass is 16.1. The zero-order chi connectivity index (χ0) is 10.8. The Morgan fingerprint density at radius 1 is 1.07 bits per heavy atom. The van der Waals surface area contributed by atoms with Gasteiger partial charge in [-0.05, 0) is 23.3 Å². The number of hydrogen-bond donors (Lipinski definition) is 0. The van der Waals surface area contributed by atoms with Crippen molar-refractivity contribution in [1.82, 2.24) is 0 Å². The van der Waals surface area contributed by atoms with Crippen molar-refractivity contribution in [3.63, 3.8) is 0 Å². The van der Waals surface area contributed by atoms with Gasteiger partial charge in [-0.15, -0.1) is 0 Å². The van der Waals surface area contributed by atoms with Gasteiger partial charge in [-0.1, -0.05) is 48.9 Å². The van der Waals surface area contributed by atoms with Crippen LogP contribution in [0.25, 0.3) is 10.8 Å². The first-order valence-electron chi connectivity index (χ1n) is 5.16. The van der Waals surface area contributed by atoms with Crippen molar-refractivity contribution >= 4 is 17.1 Å². The van der Waals surface area contributed by atoms with E-state index in [0.717, 1.165) is 11.8 Å². The van der Waals surface area contributed by atoms with Gasteiger partial charge in [-0.2, -0.15) is 0 Å². The predicted molar refractivity (Wildman–Crippen MR) is 63.2 cm³/mol. The molecular weight excluding hydrogens is 184 g/mol. The van der Waals surface area contributed by atoms with Crippen LogP contribution in [0.5, 0.6) is 0 Å². The molecule has 2 aromatic rings. The number of aldehydes is 1. The van der Waals surface area contributed by atoms with Crippen molar-refractivity contribution in [3.8, 4) is 0 Å². The van der Waals surface area contributed by atoms with Gasteiger partial charge in [0.1, 0.15) is 6.29 Å². The van der Waals surface area contributed by atoms with E-state index in [-0.39, 0.29) is 5.92 Å². The largest absolute Gasteiger partial charge is 0.303 e. The first kappa shape index (κ1) is 9.91. The molecule has 0 aliphatic carbocycles. The van der Waals surface area contributed by atoms with Gasteiger partial charge in [0.2, 0.25) is 0 Å². The van der Waals surface area contributed by atoms with Crippen LogP contribution >= 0.6 is 0 Å². The molecule has 0 amide bonds. The lowest BCUT2D eigenvalue weighted by molar-refractivity contribution is -0.108. The SMILES string of the molecule is Cc1ccc2cc([C@H](C)C=O)ccc2c1. The summed E-state index contributed by atoms with van der Waals surface area (Å²) in [6, 6.07) is 12.6. The molecule has 1 heteroatoms. The van der Waals surface area contributed by atoms with Gasteiger partial charge in [0, 0.05) is 5.92 Å². The predicted octanol–water partition coefficient (Wildman–Crippen LogP) is 3.45. The number of hydrogen-bond acceptors (Lipinski definition) is 1. The van der Waals surface area contributed by atoms with Crippen LogP contribution in [0.4, 0.5) is 0 Å². The van der Waals surface area contributed by atoms with Gasteiger partial charge < -0.3 is 4.79 Å². The third-order valence-corrected chi connectivity index (χ3v) is 2.75. The van der Waals surface area contributed by atoms with Gasteiger partial charge in [0.05, 0.1) is 0 Å². The number of benzene rings is 2. The van der Waals surface area contributed by atoms with Crippen molar-refractivity contribution in [2.75, 3.05) is 0 Å². The molecule has 1 atom stereocenters. The van der Waals surface area contributed by atoms with E-state index in [0.29, 0.717) is 0 Å². The summed E-state index contributed by atoms with van der Waals surface area (Å²) in [5, 5.41) is 2.43. The van der Waals surface area contributed by atoms with E-state index in [1.165, 1.54) is 16.3 Å². The van der Waals surface area contributed by atoms with Gasteiger partial charge in [-0.25, -0.2) is 0 Å². The fraction of sp³-hybridized carbons (Fsp3) is 0.214. The van der Waals surface area contributed by atoms with Gasteiger partial charge in [-0.3, -0.25) is 0 Å². The summed E-state index contributed by atoms with van der Waals surface area (Å²) < 4.78 is 0. The van der Waals surface area contributed by atoms with Crippen molar-refractivity contribution in [3.05, 3.63) is 47.5 Å². The van der Waals surface area contributed by atoms with Crippen LogP contribution in [0, 0.1) is 6.92 Å². The van der Waals surface area contributed by atoms with Crippen LogP contribution in [0.3, 0.4) is 0 Å². The van der Waals surface area contributed by atoms with Gasteiger partial charge >= 0.3 is 0 Å². The zero-order valence-corrected chi connectivity index (χ0v) is 9.03. The van der Waals surface area contributed by atoms with Crippen LogP contribution in [0.2, 0.25) is 0 Å². The maximum absolute atomic E-state index is 10.7. The molecule has 0 bridgehead atoms. The van der Waals surface area contributed by atoms with E-state index in [9.17, 15) is 4.79 Å². The van der Waals surface area contributed by atoms with Crippen LogP contribution in [0.15, 0.2) is 36.4 Å². The molecule has 0 aliphatic heterocycles. The van der Waals surface area contributed by atoms with Crippen LogP contribution in [-0.4, -0.2) is 6.29 Å². The molecule has 1 nitrogen and oxygen atoms in total. The number of fused-ring (bicyclic) bond motifs is 1. The summed E-state index contributed by atoms with van der Waals surface area (Å²) in [6.45, 7) is 4.00. The molecule has 2 rings (SSSR count). The highest BCUT2D eigenvalue weighted by molar-refractivity contribution is 5.84. The van der Waals surface area contributed by atoms with Gasteiger partial charge in [0.25, 0.3) is 0 Å². The Balaban J connectivity index is 2.56. The van der Waals surface area contributed by atoms with Crippen LogP contribution in [-0.2, 0) is 4.79 Å². The number of carbonyl (C=O) groups is 1. The molecule has 0 saturated carbocycles. The molecule has 0 radical (unpaired) electrons. The number of aryl methyl sites for hydroxylation is 1. The Bertz CT molecular complexity index is 500. The normalized spacial score (nSPS) is 12.7. The lowest BCUT2D eigenvalue weighted by Gasteiger charge is -2.06. The Labute approximate surface area is 89.7 Å². The Morgan fingerprint density at radius 3 is 2.47 bits per heavy atom. The Kier molecular flexibility index (Phi) is 2.55. The summed E-state index contributed by atoms with van der Waals surface area (Å²) in [4.78, 5) is 10.7. The second-order valence-electron chi connectivity index (χ2n) is 4.03. The molecular formula is C14H14O. The third-order valence-electron chi connectivity index (χ3n) is 2.75. The maximum Gasteiger partial charge on any atom is 0.127 e. The molecule has 0 aliphatic rings. The van der Waals surface area contributed by atoms with E-state index in [2.05, 4.69) is 37.3 Å². The van der Waals surface area contributed by atoms with Gasteiger partial charge in [0.15, 0.2) is 0 Å². The monoisotopic (exact) mass is 198 g/mol. The van der Waals surface area contributed by atoms with E-state index in [1.807, 2.05) is 13.0 Å². The minimum absolute atomic E-state index is 0.0179. The molecule has 0 heterocycles. The zero-order valence-electron chi connectivity index (χ0n) is 9.03. The molecule has 0 N–H and O–H groups in total. The Hall–Kier alpha value is -1.63. The van der Waals surface area contributed by atoms with Crippen molar-refractivity contribution in [1.29, 1.82) is 0 Å². The molecule has 76 valence electrons. The van der Waals surface area contributed by atoms with Crippen LogP contribution < -0.4 is 0 Å². The fourth-order valence-corrected chi connectivity index (χ4v) is 1.75. The first-order valence-corrected chi connectivity index (χ1v) is 5.16. The highest BCUT2D eigenvalue weighted by Gasteiger charge is 2.04. The highest BCUT2D eigenvalue weighted by Crippen LogP contribution is 2.21. The molecule has 0 saturated heterocycles. The molecule has 0 unspecified atom stereocenters. The summed E-state index contributed by atoms with van der Waals surface area (Å²) in [7, 11) is 0. The van der Waals surface area contributed by atoms with E-state index >= 15 is 0 Å². The number of carbonyl (C=O) groups excluding carboxylic acids is 1. The molecule has 15 heavy (non-hydrogen) atoms. The topological polar surface area (TPSA) is 17.1 Å². The first-order chi connectivity index (χ1) is 7.20. The minimum Gasteiger partial charge on any atom is -0.303 e. The lowest BCUT2D eigenvalue weighted by Crippen LogP contribution is -1.93. The standard InChI is InChI=1S/C14H14O/c1-10-3-4-14-8-12(11(2)9-15)5-6-13(14)7-10/h3-9,11H,1-2H3/t11-/m1/s1. The van der Waals surface area contributed by atoms with Crippen molar-refractivity contribution in [2.45, 2.75) is 19.8 Å². The summed E-state index contributed by atoms with van der Waals surface area (Å²) in [6.07, 6.45) is 0.982. The second kappa shape index (κ2) is 3.85. The second-order valence-corrected chi connectivity index (χ2v) is 4.03. The summed E-state index contributed by atoms with van der Waals surface area (Å²) in [5.41, 5.74) is 2.35. The Morgan fingerprint density at radius 2 is 1.73 bits per heavy atom. The average Bonchev–Trinajstić information content (AvgIpc) is 2.27. The smallest absolute Gasteiger partial charge is 0.127 e. The lowest BCUT2D eigenvalue weighted by atomic mass is 9.98. The fourth-order valence-electron chi connectivity index (χ4n) is 1.75. The van der Waals surface area contributed by atoms with E-state index in [1.54, 1.807) is 0 Å². The average molecular weight is 198 g/mol. The van der Waals surface area contributed by atoms with E-state index in [4.69, 9.17) is 0 Å². The molecule has 0 fully saturated rings. The molecule has 0 aromatic heterocycles. The minimum atomic E-state index is -0.0179. The summed E-state index contributed by atoms with van der Waals surface area (Å²) >= 11 is 0. The maximum atomic E-state index is 10.7. The quantitative estimate of drug-likeness (QED) is 0.675. The van der Waals surface area contributed by atoms with E-state index < -0.39 is 0 Å². The van der Waals surface area contributed by atoms with Crippen molar-refractivity contribution in [2.24, 2.45) is 0 Å². The van der Waals surface area contributed by atoms with Crippen LogP contribution in [0.1, 0.15) is 24.0 Å². The van der Waals surface area contributed by atoms with Crippen molar-refractivity contribution < 1.29 is 4.79 Å². The molecule has 2 aromatic carbocycles.